The molecule has 2 heteroatoms. The van der Waals surface area contributed by atoms with Gasteiger partial charge in [-0.25, -0.2) is 0 Å². The van der Waals surface area contributed by atoms with Crippen LogP contribution in [0.1, 0.15) is 0 Å². The van der Waals surface area contributed by atoms with E-state index in [2.05, 4.69) is 229 Å². The largest absolute Gasteiger partial charge is 0.455 e. The predicted molar refractivity (Wildman–Crippen MR) is 245 cm³/mol. The van der Waals surface area contributed by atoms with Crippen LogP contribution in [0.2, 0.25) is 0 Å². The maximum Gasteiger partial charge on any atom is 0.145 e. The van der Waals surface area contributed by atoms with E-state index in [4.69, 9.17) is 4.42 Å². The van der Waals surface area contributed by atoms with Crippen molar-refractivity contribution >= 4 is 60.5 Å². The molecule has 0 aliphatic heterocycles. The van der Waals surface area contributed by atoms with Crippen molar-refractivity contribution in [3.63, 3.8) is 0 Å². The molecule has 0 bridgehead atoms. The molecule has 0 amide bonds. The van der Waals surface area contributed by atoms with Crippen molar-refractivity contribution in [3.8, 4) is 44.5 Å². The number of hydrogen-bond donors (Lipinski definition) is 0. The highest BCUT2D eigenvalue weighted by Gasteiger charge is 2.23. The Morgan fingerprint density at radius 1 is 0.310 bits per heavy atom. The molecule has 11 aromatic rings. The molecule has 0 fully saturated rings. The van der Waals surface area contributed by atoms with E-state index >= 15 is 0 Å². The summed E-state index contributed by atoms with van der Waals surface area (Å²) in [5.41, 5.74) is 14.3. The molecule has 10 aromatic carbocycles. The van der Waals surface area contributed by atoms with Crippen molar-refractivity contribution in [3.05, 3.63) is 224 Å². The number of anilines is 3. The quantitative estimate of drug-likeness (QED) is 0.151. The van der Waals surface area contributed by atoms with Crippen molar-refractivity contribution in [2.24, 2.45) is 0 Å². The Morgan fingerprint density at radius 3 is 1.60 bits per heavy atom. The molecule has 1 aromatic heterocycles. The number of furan rings is 1. The molecule has 0 aliphatic carbocycles. The lowest BCUT2D eigenvalue weighted by Gasteiger charge is -2.27. The lowest BCUT2D eigenvalue weighted by Crippen LogP contribution is -2.10. The van der Waals surface area contributed by atoms with Crippen molar-refractivity contribution in [1.82, 2.24) is 0 Å². The van der Waals surface area contributed by atoms with Gasteiger partial charge in [0.25, 0.3) is 0 Å². The van der Waals surface area contributed by atoms with Gasteiger partial charge in [-0.3, -0.25) is 0 Å². The molecule has 0 saturated heterocycles. The Hall–Kier alpha value is -7.68. The average Bonchev–Trinajstić information content (AvgIpc) is 3.70. The molecule has 2 nitrogen and oxygen atoms in total. The Balaban J connectivity index is 1.09. The fourth-order valence-electron chi connectivity index (χ4n) is 8.58. The molecule has 0 unspecified atom stereocenters. The minimum atomic E-state index is 0.866. The molecule has 0 saturated carbocycles. The van der Waals surface area contributed by atoms with Crippen LogP contribution in [0.4, 0.5) is 17.1 Å². The number of nitrogens with zero attached hydrogens (tertiary/aromatic N) is 1. The summed E-state index contributed by atoms with van der Waals surface area (Å²) < 4.78 is 6.83. The van der Waals surface area contributed by atoms with Gasteiger partial charge in [0.2, 0.25) is 0 Å². The predicted octanol–water partition coefficient (Wildman–Crippen LogP) is 16.0. The number of fused-ring (bicyclic) bond motifs is 6. The fraction of sp³-hybridized carbons (Fsp3) is 0. The molecule has 0 spiro atoms. The van der Waals surface area contributed by atoms with Crippen LogP contribution >= 0.6 is 0 Å². The molecule has 0 N–H and O–H groups in total. The second kappa shape index (κ2) is 14.1. The van der Waals surface area contributed by atoms with Crippen LogP contribution in [0.5, 0.6) is 0 Å². The van der Waals surface area contributed by atoms with Gasteiger partial charge in [0.15, 0.2) is 0 Å². The highest BCUT2D eigenvalue weighted by molar-refractivity contribution is 6.17. The summed E-state index contributed by atoms with van der Waals surface area (Å²) >= 11 is 0. The van der Waals surface area contributed by atoms with Gasteiger partial charge in [0.1, 0.15) is 11.2 Å². The average molecular weight is 740 g/mol. The first kappa shape index (κ1) is 33.6. The standard InChI is InChI=1S/C56H37NO/c1-3-12-38(13-4-1)40-22-24-43(25-23-40)51-34-35-53(55-52-20-9-10-21-54(52)58-56(51)55)57(48-32-33-50-46(37-48)27-26-42-16-7-8-19-49(42)50)47-30-28-41(29-31-47)45-18-11-17-44(36-45)39-14-5-2-6-15-39/h1-37H. The number of rotatable bonds is 7. The normalized spacial score (nSPS) is 11.4. The minimum absolute atomic E-state index is 0.866. The third-order valence-electron chi connectivity index (χ3n) is 11.5. The van der Waals surface area contributed by atoms with E-state index in [0.29, 0.717) is 0 Å². The summed E-state index contributed by atoms with van der Waals surface area (Å²) in [5.74, 6) is 0. The lowest BCUT2D eigenvalue weighted by molar-refractivity contribution is 0.670. The molecule has 0 atom stereocenters. The molecule has 1 heterocycles. The zero-order valence-electron chi connectivity index (χ0n) is 31.7. The van der Waals surface area contributed by atoms with Gasteiger partial charge >= 0.3 is 0 Å². The third kappa shape index (κ3) is 5.91. The zero-order chi connectivity index (χ0) is 38.4. The molecule has 11 rings (SSSR count). The maximum atomic E-state index is 6.83. The number of para-hydroxylation sites is 1. The van der Waals surface area contributed by atoms with Crippen LogP contribution in [0.3, 0.4) is 0 Å². The molecule has 0 radical (unpaired) electrons. The Labute approximate surface area is 337 Å². The van der Waals surface area contributed by atoms with E-state index in [-0.39, 0.29) is 0 Å². The number of hydrogen-bond acceptors (Lipinski definition) is 2. The van der Waals surface area contributed by atoms with Gasteiger partial charge in [-0.2, -0.15) is 0 Å². The van der Waals surface area contributed by atoms with Gasteiger partial charge in [-0.15, -0.1) is 0 Å². The first-order valence-electron chi connectivity index (χ1n) is 19.8. The Bertz CT molecular complexity index is 3250. The van der Waals surface area contributed by atoms with Gasteiger partial charge < -0.3 is 9.32 Å². The van der Waals surface area contributed by atoms with Gasteiger partial charge in [0.05, 0.1) is 11.1 Å². The van der Waals surface area contributed by atoms with Crippen molar-refractivity contribution in [1.29, 1.82) is 0 Å². The molecule has 0 aliphatic rings. The third-order valence-corrected chi connectivity index (χ3v) is 11.5. The summed E-state index contributed by atoms with van der Waals surface area (Å²) in [4.78, 5) is 2.39. The second-order valence-corrected chi connectivity index (χ2v) is 14.9. The van der Waals surface area contributed by atoms with Gasteiger partial charge in [-0.1, -0.05) is 176 Å². The maximum absolute atomic E-state index is 6.83. The summed E-state index contributed by atoms with van der Waals surface area (Å²) in [6, 6.07) is 80.6. The highest BCUT2D eigenvalue weighted by Crippen LogP contribution is 2.47. The SMILES string of the molecule is c1ccc(-c2ccc(-c3ccc(N(c4ccc(-c5cccc(-c6ccccc6)c5)cc4)c4ccc5c(ccc6ccccc65)c4)c4c3oc3ccccc34)cc2)cc1. The highest BCUT2D eigenvalue weighted by atomic mass is 16.3. The van der Waals surface area contributed by atoms with Crippen LogP contribution in [-0.4, -0.2) is 0 Å². The van der Waals surface area contributed by atoms with Crippen molar-refractivity contribution < 1.29 is 4.42 Å². The van der Waals surface area contributed by atoms with E-state index in [1.54, 1.807) is 0 Å². The molecule has 58 heavy (non-hydrogen) atoms. The van der Waals surface area contributed by atoms with Crippen LogP contribution < -0.4 is 4.90 Å². The smallest absolute Gasteiger partial charge is 0.145 e. The molecular weight excluding hydrogens is 703 g/mol. The van der Waals surface area contributed by atoms with Crippen LogP contribution in [0.25, 0.3) is 88.0 Å². The minimum Gasteiger partial charge on any atom is -0.455 e. The van der Waals surface area contributed by atoms with E-state index < -0.39 is 0 Å². The van der Waals surface area contributed by atoms with E-state index in [1.807, 2.05) is 0 Å². The van der Waals surface area contributed by atoms with Gasteiger partial charge in [-0.05, 0) is 109 Å². The summed E-state index contributed by atoms with van der Waals surface area (Å²) in [6.07, 6.45) is 0. The van der Waals surface area contributed by atoms with E-state index in [0.717, 1.165) is 50.1 Å². The lowest BCUT2D eigenvalue weighted by atomic mass is 9.97. The van der Waals surface area contributed by atoms with E-state index in [1.165, 1.54) is 54.9 Å². The second-order valence-electron chi connectivity index (χ2n) is 14.9. The zero-order valence-corrected chi connectivity index (χ0v) is 31.7. The topological polar surface area (TPSA) is 16.4 Å². The Morgan fingerprint density at radius 2 is 0.845 bits per heavy atom. The van der Waals surface area contributed by atoms with Crippen LogP contribution in [-0.2, 0) is 0 Å². The monoisotopic (exact) mass is 739 g/mol. The summed E-state index contributed by atoms with van der Waals surface area (Å²) in [5, 5.41) is 7.10. The van der Waals surface area contributed by atoms with Crippen LogP contribution in [0.15, 0.2) is 229 Å². The Kier molecular flexibility index (Phi) is 8.19. The number of benzene rings is 10. The van der Waals surface area contributed by atoms with Crippen molar-refractivity contribution in [2.45, 2.75) is 0 Å². The van der Waals surface area contributed by atoms with Gasteiger partial charge in [0, 0.05) is 22.3 Å². The van der Waals surface area contributed by atoms with Crippen LogP contribution in [0, 0.1) is 0 Å². The van der Waals surface area contributed by atoms with E-state index in [9.17, 15) is 0 Å². The summed E-state index contributed by atoms with van der Waals surface area (Å²) in [7, 11) is 0. The molecular formula is C56H37NO. The summed E-state index contributed by atoms with van der Waals surface area (Å²) in [6.45, 7) is 0. The van der Waals surface area contributed by atoms with Crippen molar-refractivity contribution in [2.75, 3.05) is 4.90 Å². The molecule has 272 valence electrons. The first-order chi connectivity index (χ1) is 28.7. The fourth-order valence-corrected chi connectivity index (χ4v) is 8.58. The first-order valence-corrected chi connectivity index (χ1v) is 19.8.